The highest BCUT2D eigenvalue weighted by molar-refractivity contribution is 6.33. The van der Waals surface area contributed by atoms with Gasteiger partial charge in [0, 0.05) is 5.56 Å². The van der Waals surface area contributed by atoms with Gasteiger partial charge in [0.1, 0.15) is 17.7 Å². The Morgan fingerprint density at radius 1 is 1.25 bits per heavy atom. The van der Waals surface area contributed by atoms with Crippen LogP contribution in [0.1, 0.15) is 18.2 Å². The number of aryl methyl sites for hydroxylation is 1. The van der Waals surface area contributed by atoms with E-state index in [0.717, 1.165) is 5.56 Å². The fraction of sp³-hybridized carbons (Fsp3) is 0.150. The fourth-order valence-corrected chi connectivity index (χ4v) is 3.47. The summed E-state index contributed by atoms with van der Waals surface area (Å²) in [6.45, 7) is 1.80. The molecule has 4 rings (SSSR count). The summed E-state index contributed by atoms with van der Waals surface area (Å²) in [5.74, 6) is -0.509. The van der Waals surface area contributed by atoms with E-state index in [9.17, 15) is 14.0 Å². The molecule has 1 atom stereocenters. The molecular weight excluding hydrogens is 383 g/mol. The molecule has 2 heterocycles. The van der Waals surface area contributed by atoms with Crippen molar-refractivity contribution >= 4 is 34.9 Å². The van der Waals surface area contributed by atoms with Crippen LogP contribution in [0.15, 0.2) is 48.5 Å². The molecule has 0 saturated carbocycles. The third-order valence-corrected chi connectivity index (χ3v) is 4.91. The number of halogens is 2. The smallest absolute Gasteiger partial charge is 0.251 e. The molecule has 0 bridgehead atoms. The molecule has 0 saturated heterocycles. The summed E-state index contributed by atoms with van der Waals surface area (Å²) in [7, 11) is 0. The third-order valence-electron chi connectivity index (χ3n) is 4.58. The van der Waals surface area contributed by atoms with Crippen molar-refractivity contribution in [3.8, 4) is 11.1 Å². The van der Waals surface area contributed by atoms with Gasteiger partial charge in [0.25, 0.3) is 5.91 Å². The minimum Gasteiger partial charge on any atom is -0.325 e. The van der Waals surface area contributed by atoms with E-state index in [4.69, 9.17) is 11.6 Å². The molecule has 28 heavy (non-hydrogen) atoms. The topological polar surface area (TPSA) is 76.0 Å². The first-order valence-electron chi connectivity index (χ1n) is 8.64. The number of nitrogens with zero attached hydrogens (tertiary/aromatic N) is 2. The maximum atomic E-state index is 13.2. The molecule has 0 aliphatic carbocycles. The van der Waals surface area contributed by atoms with Gasteiger partial charge in [-0.25, -0.2) is 9.07 Å². The maximum Gasteiger partial charge on any atom is 0.251 e. The number of hydrogen-bond donors (Lipinski definition) is 2. The summed E-state index contributed by atoms with van der Waals surface area (Å²) in [6, 6.07) is 12.1. The second-order valence-electron chi connectivity index (χ2n) is 6.50. The number of amides is 2. The number of benzene rings is 2. The van der Waals surface area contributed by atoms with Gasteiger partial charge in [0.15, 0.2) is 0 Å². The van der Waals surface area contributed by atoms with E-state index in [1.165, 1.54) is 16.8 Å². The summed E-state index contributed by atoms with van der Waals surface area (Å²) in [6.07, 6.45) is -0.0893. The molecule has 0 fully saturated rings. The van der Waals surface area contributed by atoms with Crippen molar-refractivity contribution in [1.82, 2.24) is 9.78 Å². The summed E-state index contributed by atoms with van der Waals surface area (Å²) >= 11 is 6.06. The molecule has 6 nitrogen and oxygen atoms in total. The predicted octanol–water partition coefficient (Wildman–Crippen LogP) is 4.17. The van der Waals surface area contributed by atoms with Crippen LogP contribution in [-0.4, -0.2) is 21.6 Å². The fourth-order valence-electron chi connectivity index (χ4n) is 3.28. The number of aromatic nitrogens is 2. The molecule has 1 aliphatic rings. The number of anilines is 2. The summed E-state index contributed by atoms with van der Waals surface area (Å²) in [5.41, 5.74) is 2.61. The average molecular weight is 399 g/mol. The highest BCUT2D eigenvalue weighted by Crippen LogP contribution is 2.38. The summed E-state index contributed by atoms with van der Waals surface area (Å²) in [5, 5.41) is 10.4. The van der Waals surface area contributed by atoms with Gasteiger partial charge in [-0.3, -0.25) is 9.59 Å². The molecule has 1 unspecified atom stereocenters. The lowest BCUT2D eigenvalue weighted by Crippen LogP contribution is -2.23. The number of carbonyl (C=O) groups is 2. The number of hydrogen-bond acceptors (Lipinski definition) is 3. The largest absolute Gasteiger partial charge is 0.325 e. The van der Waals surface area contributed by atoms with Gasteiger partial charge in [0.05, 0.1) is 22.8 Å². The van der Waals surface area contributed by atoms with Gasteiger partial charge >= 0.3 is 0 Å². The molecule has 3 aromatic rings. The molecule has 0 radical (unpaired) electrons. The number of carbonyl (C=O) groups excluding carboxylic acids is 2. The Balaban J connectivity index is 1.59. The van der Waals surface area contributed by atoms with Gasteiger partial charge in [-0.1, -0.05) is 35.9 Å². The number of para-hydroxylation sites is 1. The van der Waals surface area contributed by atoms with Crippen LogP contribution in [0.2, 0.25) is 5.02 Å². The van der Waals surface area contributed by atoms with E-state index in [2.05, 4.69) is 15.7 Å². The maximum absolute atomic E-state index is 13.2. The number of fused-ring (bicyclic) bond motifs is 1. The monoisotopic (exact) mass is 398 g/mol. The number of rotatable bonds is 4. The third kappa shape index (κ3) is 3.25. The molecule has 142 valence electrons. The SMILES string of the molecule is Cc1nn2c(c1-c1ccc(F)cc1)NC(=O)C2CC(=O)Nc1ccccc1Cl. The van der Waals surface area contributed by atoms with Crippen molar-refractivity contribution in [1.29, 1.82) is 0 Å². The lowest BCUT2D eigenvalue weighted by atomic mass is 10.1. The zero-order chi connectivity index (χ0) is 19.8. The van der Waals surface area contributed by atoms with E-state index in [1.54, 1.807) is 43.3 Å². The van der Waals surface area contributed by atoms with E-state index >= 15 is 0 Å². The van der Waals surface area contributed by atoms with Gasteiger partial charge < -0.3 is 10.6 Å². The van der Waals surface area contributed by atoms with Crippen molar-refractivity contribution in [2.75, 3.05) is 10.6 Å². The van der Waals surface area contributed by atoms with Crippen molar-refractivity contribution in [3.63, 3.8) is 0 Å². The van der Waals surface area contributed by atoms with Crippen molar-refractivity contribution in [2.45, 2.75) is 19.4 Å². The molecule has 8 heteroatoms. The second-order valence-corrected chi connectivity index (χ2v) is 6.90. The zero-order valence-corrected chi connectivity index (χ0v) is 15.6. The van der Waals surface area contributed by atoms with Crippen LogP contribution in [0, 0.1) is 12.7 Å². The van der Waals surface area contributed by atoms with Crippen molar-refractivity contribution in [3.05, 3.63) is 65.1 Å². The van der Waals surface area contributed by atoms with E-state index in [0.29, 0.717) is 27.8 Å². The average Bonchev–Trinajstić information content (AvgIpc) is 3.12. The minimum atomic E-state index is -0.773. The Morgan fingerprint density at radius 3 is 2.68 bits per heavy atom. The van der Waals surface area contributed by atoms with Crippen LogP contribution in [0.3, 0.4) is 0 Å². The number of nitrogens with one attached hydrogen (secondary N) is 2. The van der Waals surface area contributed by atoms with Gasteiger partial charge in [-0.15, -0.1) is 0 Å². The van der Waals surface area contributed by atoms with Crippen LogP contribution in [0.4, 0.5) is 15.9 Å². The zero-order valence-electron chi connectivity index (χ0n) is 14.9. The Labute approximate surface area is 165 Å². The van der Waals surface area contributed by atoms with Crippen LogP contribution in [0.5, 0.6) is 0 Å². The molecule has 2 aromatic carbocycles. The first-order valence-corrected chi connectivity index (χ1v) is 9.02. The van der Waals surface area contributed by atoms with Gasteiger partial charge in [0.2, 0.25) is 5.91 Å². The van der Waals surface area contributed by atoms with Crippen molar-refractivity contribution < 1.29 is 14.0 Å². The highest BCUT2D eigenvalue weighted by Gasteiger charge is 2.36. The van der Waals surface area contributed by atoms with Crippen molar-refractivity contribution in [2.24, 2.45) is 0 Å². The molecule has 2 amide bonds. The normalized spacial score (nSPS) is 15.2. The second kappa shape index (κ2) is 7.09. The van der Waals surface area contributed by atoms with E-state index in [1.807, 2.05) is 0 Å². The Hall–Kier alpha value is -3.19. The lowest BCUT2D eigenvalue weighted by molar-refractivity contribution is -0.123. The van der Waals surface area contributed by atoms with Crippen LogP contribution < -0.4 is 10.6 Å². The first kappa shape index (κ1) is 18.2. The Kier molecular flexibility index (Phi) is 4.60. The Bertz CT molecular complexity index is 1080. The molecule has 0 spiro atoms. The molecule has 1 aromatic heterocycles. The predicted molar refractivity (Wildman–Crippen MR) is 105 cm³/mol. The lowest BCUT2D eigenvalue weighted by Gasteiger charge is -2.11. The molecule has 2 N–H and O–H groups in total. The quantitative estimate of drug-likeness (QED) is 0.692. The van der Waals surface area contributed by atoms with Crippen LogP contribution in [0.25, 0.3) is 11.1 Å². The first-order chi connectivity index (χ1) is 13.4. The standard InChI is InChI=1S/C20H16ClFN4O2/c1-11-18(12-6-8-13(22)9-7-12)19-24-20(28)16(26(19)25-11)10-17(27)23-15-5-3-2-4-14(15)21/h2-9,16H,10H2,1H3,(H,23,27)(H,24,28). The van der Waals surface area contributed by atoms with E-state index in [-0.39, 0.29) is 24.1 Å². The minimum absolute atomic E-state index is 0.0893. The summed E-state index contributed by atoms with van der Waals surface area (Å²) < 4.78 is 14.7. The Morgan fingerprint density at radius 2 is 1.96 bits per heavy atom. The summed E-state index contributed by atoms with van der Waals surface area (Å²) in [4.78, 5) is 24.9. The molecule has 1 aliphatic heterocycles. The highest BCUT2D eigenvalue weighted by atomic mass is 35.5. The van der Waals surface area contributed by atoms with Gasteiger partial charge in [-0.05, 0) is 36.8 Å². The van der Waals surface area contributed by atoms with Crippen LogP contribution >= 0.6 is 11.6 Å². The van der Waals surface area contributed by atoms with Gasteiger partial charge in [-0.2, -0.15) is 5.10 Å². The molecular formula is C20H16ClFN4O2. The van der Waals surface area contributed by atoms with E-state index < -0.39 is 6.04 Å². The van der Waals surface area contributed by atoms with Crippen LogP contribution in [-0.2, 0) is 9.59 Å².